The van der Waals surface area contributed by atoms with E-state index in [-0.39, 0.29) is 65.1 Å². The molecule has 13 rings (SSSR count). The van der Waals surface area contributed by atoms with Gasteiger partial charge in [-0.25, -0.2) is 14.4 Å². The highest BCUT2D eigenvalue weighted by molar-refractivity contribution is 6.32. The topological polar surface area (TPSA) is 565 Å². The number of benzene rings is 6. The minimum Gasteiger partial charge on any atom is -0.508 e. The molecule has 125 heavy (non-hydrogen) atoms. The Bertz CT molecular complexity index is 5110. The highest BCUT2D eigenvalue weighted by Gasteiger charge is 2.53. The summed E-state index contributed by atoms with van der Waals surface area (Å²) in [6.07, 6.45) is -20.9. The second-order valence-electron chi connectivity index (χ2n) is 30.7. The van der Waals surface area contributed by atoms with Crippen molar-refractivity contribution in [1.82, 2.24) is 47.4 Å². The van der Waals surface area contributed by atoms with Gasteiger partial charge in [-0.15, -0.1) is 0 Å². The number of carbonyl (C=O) groups excluding carboxylic acids is 9. The molecule has 41 heteroatoms. The van der Waals surface area contributed by atoms with Crippen LogP contribution in [0.15, 0.2) is 135 Å². The number of hydrogen-bond acceptors (Lipinski definition) is 30. The van der Waals surface area contributed by atoms with Crippen LogP contribution in [0.5, 0.6) is 51.7 Å². The van der Waals surface area contributed by atoms with Gasteiger partial charge in [0.1, 0.15) is 127 Å². The molecule has 7 aliphatic rings. The number of fused-ring (bicyclic) bond motifs is 15. The van der Waals surface area contributed by atoms with Gasteiger partial charge in [0.05, 0.1) is 34.2 Å². The molecule has 0 aromatic heterocycles. The normalized spacial score (nSPS) is 26.4. The van der Waals surface area contributed by atoms with Crippen LogP contribution in [0.4, 0.5) is 9.59 Å². The van der Waals surface area contributed by atoms with Crippen LogP contribution in [-0.2, 0) is 68.5 Å². The number of hydrogen-bond donors (Lipinski definition) is 19. The van der Waals surface area contributed by atoms with Crippen molar-refractivity contribution < 1.29 is 137 Å². The summed E-state index contributed by atoms with van der Waals surface area (Å²) in [7, 11) is 1.23. The molecule has 19 atom stereocenters. The number of alkyl carbamates (subject to hydrolysis) is 1. The fourth-order valence-electron chi connectivity index (χ4n) is 14.8. The highest BCUT2D eigenvalue weighted by atomic mass is 35.5. The summed E-state index contributed by atoms with van der Waals surface area (Å²) < 4.78 is 55.9. The Morgan fingerprint density at radius 2 is 1.31 bits per heavy atom. The van der Waals surface area contributed by atoms with Gasteiger partial charge in [-0.1, -0.05) is 105 Å². The van der Waals surface area contributed by atoms with Crippen LogP contribution in [0.2, 0.25) is 15.1 Å². The number of carbonyl (C=O) groups is 9. The summed E-state index contributed by atoms with van der Waals surface area (Å²) in [4.78, 5) is 133. The number of amides is 8. The first kappa shape index (κ1) is 94.1. The second-order valence-corrected chi connectivity index (χ2v) is 32.0. The van der Waals surface area contributed by atoms with Crippen molar-refractivity contribution in [2.45, 2.75) is 169 Å². The molecule has 11 bridgehead atoms. The number of ether oxygens (including phenoxy) is 9. The number of nitrogens with one attached hydrogen (secondary N) is 8. The maximum Gasteiger partial charge on any atom is 0.410 e. The van der Waals surface area contributed by atoms with Crippen molar-refractivity contribution in [1.29, 1.82) is 0 Å². The number of phenols is 4. The van der Waals surface area contributed by atoms with Crippen LogP contribution in [0.1, 0.15) is 111 Å². The van der Waals surface area contributed by atoms with Crippen LogP contribution in [0.25, 0.3) is 11.1 Å². The molecule has 670 valence electrons. The summed E-state index contributed by atoms with van der Waals surface area (Å²) >= 11 is 20.8. The molecule has 0 spiro atoms. The molecule has 0 radical (unpaired) electrons. The Hall–Kier alpha value is -11.6. The zero-order valence-electron chi connectivity index (χ0n) is 67.7. The van der Waals surface area contributed by atoms with Crippen molar-refractivity contribution in [3.63, 3.8) is 0 Å². The van der Waals surface area contributed by atoms with Crippen LogP contribution < -0.4 is 62.5 Å². The van der Waals surface area contributed by atoms with Crippen molar-refractivity contribution in [3.05, 3.63) is 183 Å². The lowest BCUT2D eigenvalue weighted by Crippen LogP contribution is -2.66. The van der Waals surface area contributed by atoms with E-state index < -0.39 is 273 Å². The Balaban J connectivity index is 1.16. The summed E-state index contributed by atoms with van der Waals surface area (Å²) in [5.41, 5.74) is 1.82. The van der Waals surface area contributed by atoms with E-state index in [1.807, 2.05) is 0 Å². The van der Waals surface area contributed by atoms with Crippen molar-refractivity contribution in [2.75, 3.05) is 33.4 Å². The molecule has 0 aliphatic carbocycles. The zero-order valence-corrected chi connectivity index (χ0v) is 70.0. The van der Waals surface area contributed by atoms with Gasteiger partial charge in [0.25, 0.3) is 0 Å². The number of aromatic hydroxyl groups is 4. The molecule has 2 fully saturated rings. The molecule has 7 heterocycles. The van der Waals surface area contributed by atoms with E-state index in [2.05, 4.69) is 62.3 Å². The Morgan fingerprint density at radius 3 is 1.95 bits per heavy atom. The molecule has 20 N–H and O–H groups in total. The lowest BCUT2D eigenvalue weighted by Gasteiger charge is -2.48. The first-order valence-corrected chi connectivity index (χ1v) is 40.3. The van der Waals surface area contributed by atoms with Crippen molar-refractivity contribution in [2.24, 2.45) is 11.7 Å². The molecule has 2 saturated heterocycles. The summed E-state index contributed by atoms with van der Waals surface area (Å²) in [5, 5.41) is 141. The number of nitrogens with zero attached hydrogens (tertiary/aromatic N) is 1. The number of likely N-dealkylation sites (N-methyl/N-ethyl adjacent to an activating group) is 1. The van der Waals surface area contributed by atoms with Gasteiger partial charge in [-0.05, 0) is 121 Å². The van der Waals surface area contributed by atoms with Gasteiger partial charge in [-0.3, -0.25) is 39.0 Å². The molecule has 6 aromatic carbocycles. The first-order valence-electron chi connectivity index (χ1n) is 39.1. The fraction of sp³-hybridized carbons (Fsp3) is 0.393. The molecule has 8 amide bonds. The minimum absolute atomic E-state index is 0.0930. The number of aliphatic hydroxyl groups excluding tert-OH is 6. The van der Waals surface area contributed by atoms with E-state index in [4.69, 9.17) is 83.2 Å². The third kappa shape index (κ3) is 21.8. The second kappa shape index (κ2) is 40.6. The number of halogens is 3. The Kier molecular flexibility index (Phi) is 30.5. The van der Waals surface area contributed by atoms with Crippen LogP contribution in [-0.4, -0.2) is 228 Å². The van der Waals surface area contributed by atoms with Crippen LogP contribution >= 0.6 is 34.8 Å². The van der Waals surface area contributed by atoms with Crippen LogP contribution in [0, 0.1) is 5.92 Å². The van der Waals surface area contributed by atoms with Crippen LogP contribution in [0.3, 0.4) is 0 Å². The lowest BCUT2D eigenvalue weighted by molar-refractivity contribution is -0.331. The third-order valence-electron chi connectivity index (χ3n) is 21.2. The van der Waals surface area contributed by atoms with Gasteiger partial charge in [0.15, 0.2) is 29.9 Å². The Labute approximate surface area is 729 Å². The standard InChI is InChI=1S/C84H95Cl3N10O28/c1-9-20-117-80(114)64-46-30-44(98)31-53(101)61(46)45-25-38(12-16-52(45)100)62-76(110)95-66(79(113)93-64)68(104)40-14-19-55(48(87)27-40)122-57-29-41-28-56(71(57)125-81-72(124-60-33-84(7,73(107)37(6)120-60)96-82(115)118-21-10-2)70(106)69(105)58(123-81)35-89-34-42-24-43(85)15-17-51(42)99)121-54-18-13-39(26-47(54)86)67(103)65(94-75(109)50(23-36(4)5)97(8)83(116)119-22-11-3)78(112)90-49(32-59(88)102)74(108)91-63(41)77(111)92-62/h9-19,24-31,36-37,49-50,58,60,62-70,72-73,76,81,89,95,98-101,103-107,110H,1-3,20-23,32-35H2,4-8H3,(H2,88,102)(H,90,112)(H,91,108)(H,92,111)(H,93,113)(H,94,109)(H,96,115)/t37?,49-,50-,58?,60?,62+,63?,64?,65+,66-,67+,68+,69?,70?,72?,73?,76?,81?,84?/m0/s1. The SMILES string of the molecule is C=CCOC(=O)NC1(C)CC(OC2C(Oc3c4cc5cc3Oc3ccc(cc3Cl)[C@@H](O)[C@@H](NC(=O)[C@H](CC(C)C)N(C)C(=O)OCC=C)C(=O)N[C@@H](CC(N)=O)C(=O)NC5C(=O)N[C@@H]3c5ccc(O)c(c5)-c5c(O)cc(O)cc5C(C(=O)OCC=C)NC(=O)[C@@H](NC3O)[C@H](O)c3ccc(c(Cl)c3)O4)OC(CNCc3cc(Cl)ccc3O)C(O)C2O)OC(C)C1O. The fourth-order valence-corrected chi connectivity index (χ4v) is 15.5. The smallest absolute Gasteiger partial charge is 0.410 e. The van der Waals surface area contributed by atoms with E-state index in [1.165, 1.54) is 69.5 Å². The maximum atomic E-state index is 16.5. The monoisotopic (exact) mass is 1800 g/mol. The van der Waals surface area contributed by atoms with Gasteiger partial charge >= 0.3 is 18.2 Å². The largest absolute Gasteiger partial charge is 0.508 e. The van der Waals surface area contributed by atoms with Gasteiger partial charge < -0.3 is 137 Å². The number of rotatable bonds is 23. The van der Waals surface area contributed by atoms with E-state index in [0.717, 1.165) is 71.6 Å². The summed E-state index contributed by atoms with van der Waals surface area (Å²) in [6, 6.07) is 3.38. The number of primary amides is 1. The van der Waals surface area contributed by atoms with Gasteiger partial charge in [0, 0.05) is 59.9 Å². The predicted octanol–water partition coefficient (Wildman–Crippen LogP) is 4.69. The number of aliphatic hydroxyl groups is 6. The molecular weight excluding hydrogens is 1700 g/mol. The minimum atomic E-state index is -2.41. The summed E-state index contributed by atoms with van der Waals surface area (Å²) in [5.74, 6) is -15.0. The summed E-state index contributed by atoms with van der Waals surface area (Å²) in [6.45, 7) is 15.4. The quantitative estimate of drug-likeness (QED) is 0.0235. The van der Waals surface area contributed by atoms with Crippen molar-refractivity contribution >= 4 is 88.4 Å². The molecule has 6 aromatic rings. The Morgan fingerprint density at radius 1 is 0.680 bits per heavy atom. The molecule has 12 unspecified atom stereocenters. The number of esters is 1. The predicted molar refractivity (Wildman–Crippen MR) is 442 cm³/mol. The maximum absolute atomic E-state index is 16.5. The van der Waals surface area contributed by atoms with Gasteiger partial charge in [0.2, 0.25) is 47.5 Å². The van der Waals surface area contributed by atoms with Gasteiger partial charge in [-0.2, -0.15) is 0 Å². The first-order chi connectivity index (χ1) is 59.3. The van der Waals surface area contributed by atoms with E-state index >= 15 is 19.2 Å². The molecule has 7 aliphatic heterocycles. The van der Waals surface area contributed by atoms with E-state index in [9.17, 15) is 75.0 Å². The van der Waals surface area contributed by atoms with Crippen molar-refractivity contribution in [3.8, 4) is 62.9 Å². The average molecular weight is 1800 g/mol. The van der Waals surface area contributed by atoms with E-state index in [1.54, 1.807) is 13.8 Å². The zero-order chi connectivity index (χ0) is 90.9. The highest BCUT2D eigenvalue weighted by Crippen LogP contribution is 2.50. The molecule has 0 saturated carbocycles. The third-order valence-corrected chi connectivity index (χ3v) is 22.0. The number of phenolic OH excluding ortho intramolecular Hbond substituents is 4. The lowest BCUT2D eigenvalue weighted by atomic mass is 9.85. The molecular formula is C84H95Cl3N10O28. The molecule has 38 nitrogen and oxygen atoms in total. The average Bonchev–Trinajstić information content (AvgIpc) is 0.760. The van der Waals surface area contributed by atoms with E-state index in [0.29, 0.717) is 0 Å². The number of nitrogens with two attached hydrogens (primary N) is 1.